The van der Waals surface area contributed by atoms with Crippen LogP contribution < -0.4 is 5.32 Å². The monoisotopic (exact) mass is 357 g/mol. The second-order valence-electron chi connectivity index (χ2n) is 8.31. The lowest BCUT2D eigenvalue weighted by molar-refractivity contribution is 0.357. The summed E-state index contributed by atoms with van der Waals surface area (Å²) in [5.41, 5.74) is 6.04. The van der Waals surface area contributed by atoms with E-state index in [-0.39, 0.29) is 11.3 Å². The van der Waals surface area contributed by atoms with Crippen LogP contribution in [0.3, 0.4) is 0 Å². The first-order valence-corrected chi connectivity index (χ1v) is 9.12. The van der Waals surface area contributed by atoms with E-state index >= 15 is 0 Å². The lowest BCUT2D eigenvalue weighted by Gasteiger charge is -2.33. The van der Waals surface area contributed by atoms with Crippen molar-refractivity contribution < 1.29 is 10.2 Å². The van der Waals surface area contributed by atoms with E-state index in [2.05, 4.69) is 50.4 Å². The zero-order valence-electron chi connectivity index (χ0n) is 17.8. The van der Waals surface area contributed by atoms with Crippen molar-refractivity contribution in [2.24, 2.45) is 5.41 Å². The molecule has 2 aromatic rings. The second-order valence-corrected chi connectivity index (χ2v) is 8.31. The summed E-state index contributed by atoms with van der Waals surface area (Å²) in [6, 6.07) is 8.32. The molecule has 0 radical (unpaired) electrons. The van der Waals surface area contributed by atoms with Gasteiger partial charge in [-0.2, -0.15) is 0 Å². The van der Waals surface area contributed by atoms with Crippen molar-refractivity contribution in [3.05, 3.63) is 57.6 Å². The van der Waals surface area contributed by atoms with Crippen LogP contribution in [0.25, 0.3) is 0 Å². The molecule has 0 amide bonds. The van der Waals surface area contributed by atoms with E-state index in [4.69, 9.17) is 0 Å². The molecular formula is C23H35NO2. The number of phenols is 2. The fourth-order valence-electron chi connectivity index (χ4n) is 3.50. The van der Waals surface area contributed by atoms with Gasteiger partial charge in [0.05, 0.1) is 0 Å². The minimum absolute atomic E-state index is 0.0195. The highest BCUT2D eigenvalue weighted by Gasteiger charge is 2.29. The lowest BCUT2D eigenvalue weighted by Crippen LogP contribution is -2.20. The maximum Gasteiger partial charge on any atom is 0.121 e. The largest absolute Gasteiger partial charge is 0.507 e. The first kappa shape index (κ1) is 22.0. The van der Waals surface area contributed by atoms with Crippen molar-refractivity contribution >= 4 is 0 Å². The van der Waals surface area contributed by atoms with Gasteiger partial charge < -0.3 is 15.5 Å². The number of aryl methyl sites for hydroxylation is 4. The Morgan fingerprint density at radius 3 is 1.12 bits per heavy atom. The van der Waals surface area contributed by atoms with Crippen LogP contribution in [-0.4, -0.2) is 24.3 Å². The van der Waals surface area contributed by atoms with Crippen molar-refractivity contribution in [2.45, 2.75) is 54.4 Å². The zero-order chi connectivity index (χ0) is 20.2. The molecule has 0 atom stereocenters. The Morgan fingerprint density at radius 1 is 0.692 bits per heavy atom. The molecule has 0 saturated heterocycles. The Kier molecular flexibility index (Phi) is 7.28. The molecule has 26 heavy (non-hydrogen) atoms. The third-order valence-electron chi connectivity index (χ3n) is 4.56. The van der Waals surface area contributed by atoms with Crippen LogP contribution in [0.4, 0.5) is 0 Å². The van der Waals surface area contributed by atoms with Gasteiger partial charge in [-0.3, -0.25) is 0 Å². The molecule has 0 aliphatic heterocycles. The normalized spacial score (nSPS) is 11.3. The molecule has 0 aromatic heterocycles. The molecule has 3 heteroatoms. The number of nitrogens with one attached hydrogen (secondary N) is 1. The quantitative estimate of drug-likeness (QED) is 0.679. The topological polar surface area (TPSA) is 52.5 Å². The summed E-state index contributed by atoms with van der Waals surface area (Å²) in [6.07, 6.45) is 0. The molecule has 2 aromatic carbocycles. The van der Waals surface area contributed by atoms with Crippen molar-refractivity contribution in [3.63, 3.8) is 0 Å². The summed E-state index contributed by atoms with van der Waals surface area (Å²) in [4.78, 5) is 0. The highest BCUT2D eigenvalue weighted by molar-refractivity contribution is 5.49. The third-order valence-corrected chi connectivity index (χ3v) is 4.56. The van der Waals surface area contributed by atoms with E-state index < -0.39 is 0 Å². The van der Waals surface area contributed by atoms with Gasteiger partial charge >= 0.3 is 0 Å². The molecule has 0 spiro atoms. The number of rotatable bonds is 2. The summed E-state index contributed by atoms with van der Waals surface area (Å²) in [7, 11) is 3.75. The predicted molar refractivity (Wildman–Crippen MR) is 111 cm³/mol. The molecular weight excluding hydrogens is 322 g/mol. The van der Waals surface area contributed by atoms with E-state index in [0.29, 0.717) is 11.5 Å². The summed E-state index contributed by atoms with van der Waals surface area (Å²) in [5, 5.41) is 22.9. The standard InChI is InChI=1S/C21H28O2.C2H7N/c1-12-8-16(9-13(2)19(12)22)18(21(5,6)7)17-10-14(3)20(23)15(4)11-17;1-3-2/h8-11,18,22-23H,1-7H3;3H,1-2H3. The minimum Gasteiger partial charge on any atom is -0.507 e. The zero-order valence-corrected chi connectivity index (χ0v) is 17.8. The van der Waals surface area contributed by atoms with E-state index in [9.17, 15) is 10.2 Å². The van der Waals surface area contributed by atoms with Crippen LogP contribution in [0.15, 0.2) is 24.3 Å². The van der Waals surface area contributed by atoms with Gasteiger partial charge in [0.25, 0.3) is 0 Å². The van der Waals surface area contributed by atoms with Crippen LogP contribution in [-0.2, 0) is 0 Å². The Bertz CT molecular complexity index is 654. The maximum absolute atomic E-state index is 10.1. The van der Waals surface area contributed by atoms with Gasteiger partial charge in [0, 0.05) is 5.92 Å². The molecule has 3 N–H and O–H groups in total. The molecule has 2 rings (SSSR count). The Labute approximate surface area is 159 Å². The fraction of sp³-hybridized carbons (Fsp3) is 0.478. The number of aromatic hydroxyl groups is 2. The van der Waals surface area contributed by atoms with Crippen LogP contribution in [0.5, 0.6) is 11.5 Å². The summed E-state index contributed by atoms with van der Waals surface area (Å²) in [5.74, 6) is 0.942. The number of benzene rings is 2. The van der Waals surface area contributed by atoms with Gasteiger partial charge in [-0.05, 0) is 80.6 Å². The molecule has 0 unspecified atom stereocenters. The highest BCUT2D eigenvalue weighted by atomic mass is 16.3. The summed E-state index contributed by atoms with van der Waals surface area (Å²) in [6.45, 7) is 14.5. The van der Waals surface area contributed by atoms with Gasteiger partial charge in [0.2, 0.25) is 0 Å². The van der Waals surface area contributed by atoms with Gasteiger partial charge in [0.15, 0.2) is 0 Å². The van der Waals surface area contributed by atoms with E-state index in [1.54, 1.807) is 0 Å². The van der Waals surface area contributed by atoms with E-state index in [1.807, 2.05) is 41.8 Å². The number of hydrogen-bond acceptors (Lipinski definition) is 3. The van der Waals surface area contributed by atoms with Crippen LogP contribution >= 0.6 is 0 Å². The van der Waals surface area contributed by atoms with Crippen molar-refractivity contribution in [2.75, 3.05) is 14.1 Å². The van der Waals surface area contributed by atoms with Crippen molar-refractivity contribution in [3.8, 4) is 11.5 Å². The molecule has 0 bridgehead atoms. The predicted octanol–water partition coefficient (Wildman–Crippen LogP) is 5.35. The Balaban J connectivity index is 0.00000105. The van der Waals surface area contributed by atoms with Crippen LogP contribution in [0.2, 0.25) is 0 Å². The Hall–Kier alpha value is -2.00. The average molecular weight is 358 g/mol. The Morgan fingerprint density at radius 2 is 0.923 bits per heavy atom. The summed E-state index contributed by atoms with van der Waals surface area (Å²) < 4.78 is 0. The van der Waals surface area contributed by atoms with Gasteiger partial charge in [-0.1, -0.05) is 45.0 Å². The van der Waals surface area contributed by atoms with Crippen molar-refractivity contribution in [1.82, 2.24) is 5.32 Å². The molecule has 0 heterocycles. The van der Waals surface area contributed by atoms with Crippen LogP contribution in [0, 0.1) is 33.1 Å². The SMILES string of the molecule is CNC.Cc1cc(C(c2cc(C)c(O)c(C)c2)C(C)(C)C)cc(C)c1O. The van der Waals surface area contributed by atoms with Gasteiger partial charge in [-0.15, -0.1) is 0 Å². The highest BCUT2D eigenvalue weighted by Crippen LogP contribution is 2.43. The molecule has 0 saturated carbocycles. The first-order valence-electron chi connectivity index (χ1n) is 9.12. The van der Waals surface area contributed by atoms with Crippen molar-refractivity contribution in [1.29, 1.82) is 0 Å². The lowest BCUT2D eigenvalue weighted by atomic mass is 9.71. The average Bonchev–Trinajstić information content (AvgIpc) is 2.49. The van der Waals surface area contributed by atoms with Crippen LogP contribution in [0.1, 0.15) is 60.1 Å². The number of hydrogen-bond donors (Lipinski definition) is 3. The molecule has 0 fully saturated rings. The molecule has 0 aliphatic carbocycles. The number of phenolic OH excluding ortho intramolecular Hbond substituents is 2. The third kappa shape index (κ3) is 5.01. The molecule has 3 nitrogen and oxygen atoms in total. The fourth-order valence-corrected chi connectivity index (χ4v) is 3.50. The molecule has 0 aliphatic rings. The van der Waals surface area contributed by atoms with Gasteiger partial charge in [0.1, 0.15) is 11.5 Å². The second kappa shape index (κ2) is 8.59. The minimum atomic E-state index is 0.0195. The smallest absolute Gasteiger partial charge is 0.121 e. The summed E-state index contributed by atoms with van der Waals surface area (Å²) >= 11 is 0. The molecule has 144 valence electrons. The van der Waals surface area contributed by atoms with E-state index in [0.717, 1.165) is 22.3 Å². The maximum atomic E-state index is 10.1. The first-order chi connectivity index (χ1) is 11.9. The van der Waals surface area contributed by atoms with E-state index in [1.165, 1.54) is 11.1 Å². The van der Waals surface area contributed by atoms with Gasteiger partial charge in [-0.25, -0.2) is 0 Å².